The van der Waals surface area contributed by atoms with Gasteiger partial charge in [0.2, 0.25) is 5.88 Å². The Bertz CT molecular complexity index is 1380. The molecule has 1 saturated carbocycles. The van der Waals surface area contributed by atoms with Gasteiger partial charge in [0, 0.05) is 30.3 Å². The van der Waals surface area contributed by atoms with Gasteiger partial charge in [0.25, 0.3) is 0 Å². The predicted octanol–water partition coefficient (Wildman–Crippen LogP) is 7.31. The summed E-state index contributed by atoms with van der Waals surface area (Å²) in [6.45, 7) is 10.1. The van der Waals surface area contributed by atoms with E-state index in [0.29, 0.717) is 17.7 Å². The Kier molecular flexibility index (Phi) is 11.6. The molecule has 1 unspecified atom stereocenters. The number of pyridine rings is 1. The van der Waals surface area contributed by atoms with Crippen molar-refractivity contribution in [3.63, 3.8) is 0 Å². The Morgan fingerprint density at radius 1 is 0.952 bits per heavy atom. The maximum absolute atomic E-state index is 15.1. The van der Waals surface area contributed by atoms with Crippen LogP contribution in [0.15, 0.2) is 48.7 Å². The molecule has 42 heavy (non-hydrogen) atoms. The van der Waals surface area contributed by atoms with Crippen molar-refractivity contribution in [3.8, 4) is 22.8 Å². The highest BCUT2D eigenvalue weighted by Crippen LogP contribution is 2.32. The second-order valence-corrected chi connectivity index (χ2v) is 11.1. The van der Waals surface area contributed by atoms with E-state index < -0.39 is 29.5 Å². The number of aliphatic carboxylic acids is 1. The van der Waals surface area contributed by atoms with E-state index in [-0.39, 0.29) is 46.8 Å². The molecule has 1 aromatic heterocycles. The third-order valence-electron chi connectivity index (χ3n) is 6.90. The summed E-state index contributed by atoms with van der Waals surface area (Å²) in [6, 6.07) is 10.9. The Balaban J connectivity index is 0.00000151. The third-order valence-corrected chi connectivity index (χ3v) is 6.90. The molecule has 9 heteroatoms. The number of ether oxygens (including phenoxy) is 2. The highest BCUT2D eigenvalue weighted by molar-refractivity contribution is 5.92. The average Bonchev–Trinajstić information content (AvgIpc) is 3.83. The molecule has 3 aromatic rings. The van der Waals surface area contributed by atoms with Gasteiger partial charge in [-0.15, -0.1) is 0 Å². The molecule has 0 amide bonds. The fourth-order valence-electron chi connectivity index (χ4n) is 4.38. The van der Waals surface area contributed by atoms with Crippen molar-refractivity contribution in [1.82, 2.24) is 9.88 Å². The molecule has 1 aliphatic rings. The van der Waals surface area contributed by atoms with Crippen LogP contribution in [0.4, 0.5) is 8.78 Å². The number of methoxy groups -OCH3 is 1. The monoisotopic (exact) mass is 582 g/mol. The number of hydrogen-bond donors (Lipinski definition) is 1. The van der Waals surface area contributed by atoms with Crippen molar-refractivity contribution in [1.29, 1.82) is 0 Å². The van der Waals surface area contributed by atoms with Gasteiger partial charge < -0.3 is 14.6 Å². The van der Waals surface area contributed by atoms with E-state index in [1.165, 1.54) is 63.6 Å². The van der Waals surface area contributed by atoms with Crippen LogP contribution in [-0.4, -0.2) is 46.1 Å². The highest BCUT2D eigenvalue weighted by atomic mass is 19.1. The quantitative estimate of drug-likeness (QED) is 0.187. The van der Waals surface area contributed by atoms with Gasteiger partial charge in [-0.25, -0.2) is 18.6 Å². The molecule has 7 nitrogen and oxygen atoms in total. The molecular formula is C33H40F2N2O5. The summed E-state index contributed by atoms with van der Waals surface area (Å²) >= 11 is 0. The molecule has 0 aliphatic heterocycles. The maximum atomic E-state index is 15.1. The zero-order valence-corrected chi connectivity index (χ0v) is 25.1. The molecule has 1 heterocycles. The molecule has 1 aliphatic carbocycles. The smallest absolute Gasteiger partial charge is 0.343 e. The molecule has 1 fully saturated rings. The highest BCUT2D eigenvalue weighted by Gasteiger charge is 2.22. The minimum absolute atomic E-state index is 0.0490. The zero-order chi connectivity index (χ0) is 31.0. The summed E-state index contributed by atoms with van der Waals surface area (Å²) in [5, 5.41) is 9.16. The Hall–Kier alpha value is -3.85. The van der Waals surface area contributed by atoms with Crippen molar-refractivity contribution in [2.24, 2.45) is 5.92 Å². The number of carbonyl (C=O) groups excluding carboxylic acids is 1. The van der Waals surface area contributed by atoms with Crippen LogP contribution in [0, 0.1) is 17.6 Å². The van der Waals surface area contributed by atoms with Crippen LogP contribution >= 0.6 is 0 Å². The number of esters is 1. The second-order valence-electron chi connectivity index (χ2n) is 11.1. The number of halogens is 2. The first-order valence-corrected chi connectivity index (χ1v) is 14.2. The van der Waals surface area contributed by atoms with Crippen molar-refractivity contribution in [3.05, 3.63) is 77.0 Å². The van der Waals surface area contributed by atoms with E-state index in [9.17, 15) is 14.0 Å². The van der Waals surface area contributed by atoms with Gasteiger partial charge >= 0.3 is 11.9 Å². The molecule has 2 aromatic carbocycles. The fourth-order valence-corrected chi connectivity index (χ4v) is 4.38. The standard InChI is InChI=1S/C30H34F2N2O5.C3H6/c1-17(2)34(18(3)4)16-22-13-21(10-11-23(22)24-14-27(38-6)33-15-25(24)31)30(37)39-26-9-7-8-20(28(26)32)12-19(5)29(35)36;1-2-3-1/h7-11,13-15,17-19H,12,16H2,1-6H3,(H,35,36);1-3H2. The summed E-state index contributed by atoms with van der Waals surface area (Å²) in [7, 11) is 1.44. The normalized spacial score (nSPS) is 13.0. The van der Waals surface area contributed by atoms with Crippen LogP contribution in [0.3, 0.4) is 0 Å². The SMILES string of the molecule is C1CC1.COc1cc(-c2ccc(C(=O)Oc3cccc(CC(C)C(=O)O)c3F)cc2CN(C(C)C)C(C)C)c(F)cn1. The van der Waals surface area contributed by atoms with Crippen LogP contribution in [0.1, 0.15) is 75.4 Å². The lowest BCUT2D eigenvalue weighted by atomic mass is 9.96. The van der Waals surface area contributed by atoms with Crippen LogP contribution in [0.25, 0.3) is 11.1 Å². The molecule has 4 rings (SSSR count). The summed E-state index contributed by atoms with van der Waals surface area (Å²) in [4.78, 5) is 30.4. The van der Waals surface area contributed by atoms with Crippen LogP contribution in [0.5, 0.6) is 11.6 Å². The van der Waals surface area contributed by atoms with Gasteiger partial charge in [0.05, 0.1) is 24.8 Å². The largest absolute Gasteiger partial charge is 0.481 e. The lowest BCUT2D eigenvalue weighted by Crippen LogP contribution is -2.36. The first kappa shape index (κ1) is 32.7. The van der Waals surface area contributed by atoms with E-state index in [1.807, 2.05) is 0 Å². The van der Waals surface area contributed by atoms with E-state index >= 15 is 4.39 Å². The van der Waals surface area contributed by atoms with Gasteiger partial charge in [-0.2, -0.15) is 0 Å². The van der Waals surface area contributed by atoms with E-state index in [0.717, 1.165) is 6.20 Å². The summed E-state index contributed by atoms with van der Waals surface area (Å²) in [6.07, 6.45) is 5.54. The average molecular weight is 583 g/mol. The molecule has 1 atom stereocenters. The van der Waals surface area contributed by atoms with Gasteiger partial charge in [0.15, 0.2) is 11.6 Å². The summed E-state index contributed by atoms with van der Waals surface area (Å²) in [5.74, 6) is -4.02. The number of benzene rings is 2. The van der Waals surface area contributed by atoms with E-state index in [4.69, 9.17) is 14.6 Å². The van der Waals surface area contributed by atoms with Crippen molar-refractivity contribution in [2.75, 3.05) is 7.11 Å². The molecule has 226 valence electrons. The van der Waals surface area contributed by atoms with E-state index in [2.05, 4.69) is 37.6 Å². The predicted molar refractivity (Wildman–Crippen MR) is 158 cm³/mol. The molecule has 0 spiro atoms. The van der Waals surface area contributed by atoms with Crippen molar-refractivity contribution < 1.29 is 33.0 Å². The third kappa shape index (κ3) is 8.82. The minimum Gasteiger partial charge on any atom is -0.481 e. The van der Waals surface area contributed by atoms with E-state index in [1.54, 1.807) is 12.1 Å². The molecular weight excluding hydrogens is 542 g/mol. The molecule has 1 N–H and O–H groups in total. The van der Waals surface area contributed by atoms with Gasteiger partial charge in [-0.1, -0.05) is 44.4 Å². The first-order chi connectivity index (χ1) is 19.9. The van der Waals surface area contributed by atoms with Gasteiger partial charge in [-0.05, 0) is 69.0 Å². The molecule has 0 radical (unpaired) electrons. The lowest BCUT2D eigenvalue weighted by Gasteiger charge is -2.31. The summed E-state index contributed by atoms with van der Waals surface area (Å²) in [5.41, 5.74) is 1.80. The number of nitrogens with zero attached hydrogens (tertiary/aromatic N) is 2. The number of carbonyl (C=O) groups is 2. The Morgan fingerprint density at radius 3 is 2.19 bits per heavy atom. The number of rotatable bonds is 11. The van der Waals surface area contributed by atoms with Crippen molar-refractivity contribution >= 4 is 11.9 Å². The van der Waals surface area contributed by atoms with Crippen LogP contribution in [-0.2, 0) is 17.8 Å². The summed E-state index contributed by atoms with van der Waals surface area (Å²) < 4.78 is 40.5. The number of carboxylic acid groups (broad SMARTS) is 1. The lowest BCUT2D eigenvalue weighted by molar-refractivity contribution is -0.141. The van der Waals surface area contributed by atoms with Crippen LogP contribution < -0.4 is 9.47 Å². The van der Waals surface area contributed by atoms with Gasteiger partial charge in [0.1, 0.15) is 5.82 Å². The number of carboxylic acids is 1. The fraction of sp³-hybridized carbons (Fsp3) is 0.424. The van der Waals surface area contributed by atoms with Crippen molar-refractivity contribution in [2.45, 2.75) is 78.9 Å². The zero-order valence-electron chi connectivity index (χ0n) is 25.1. The number of hydrogen-bond acceptors (Lipinski definition) is 6. The topological polar surface area (TPSA) is 89.0 Å². The Labute approximate surface area is 246 Å². The van der Waals surface area contributed by atoms with Gasteiger partial charge in [-0.3, -0.25) is 9.69 Å². The second kappa shape index (κ2) is 14.9. The first-order valence-electron chi connectivity index (χ1n) is 14.2. The van der Waals surface area contributed by atoms with Crippen LogP contribution in [0.2, 0.25) is 0 Å². The molecule has 0 saturated heterocycles. The minimum atomic E-state index is -1.05. The number of aromatic nitrogens is 1. The Morgan fingerprint density at radius 2 is 1.62 bits per heavy atom. The molecule has 0 bridgehead atoms. The maximum Gasteiger partial charge on any atom is 0.343 e.